The van der Waals surface area contributed by atoms with Gasteiger partial charge in [-0.15, -0.1) is 0 Å². The van der Waals surface area contributed by atoms with Gasteiger partial charge in [-0.25, -0.2) is 4.98 Å². The predicted octanol–water partition coefficient (Wildman–Crippen LogP) is 2.48. The summed E-state index contributed by atoms with van der Waals surface area (Å²) in [6.07, 6.45) is 3.77. The number of benzene rings is 1. The molecule has 0 saturated heterocycles. The van der Waals surface area contributed by atoms with Crippen molar-refractivity contribution in [3.63, 3.8) is 0 Å². The molecule has 0 fully saturated rings. The van der Waals surface area contributed by atoms with Crippen LogP contribution in [-0.4, -0.2) is 26.7 Å². The van der Waals surface area contributed by atoms with Crippen LogP contribution in [0.15, 0.2) is 36.7 Å². The SMILES string of the molecule is CC1CN(c2cnc3ccccc3n2)Cc2cn[nH]c21. The van der Waals surface area contributed by atoms with E-state index >= 15 is 0 Å². The Labute approximate surface area is 116 Å². The van der Waals surface area contributed by atoms with Crippen LogP contribution in [-0.2, 0) is 6.54 Å². The van der Waals surface area contributed by atoms with Crippen LogP contribution >= 0.6 is 0 Å². The van der Waals surface area contributed by atoms with Gasteiger partial charge in [-0.1, -0.05) is 19.1 Å². The second kappa shape index (κ2) is 4.30. The molecule has 100 valence electrons. The number of fused-ring (bicyclic) bond motifs is 2. The number of nitrogens with zero attached hydrogens (tertiary/aromatic N) is 4. The lowest BCUT2D eigenvalue weighted by Crippen LogP contribution is -2.33. The molecule has 2 aromatic heterocycles. The van der Waals surface area contributed by atoms with Gasteiger partial charge < -0.3 is 4.90 Å². The van der Waals surface area contributed by atoms with E-state index in [-0.39, 0.29) is 0 Å². The Hall–Kier alpha value is -2.43. The first-order valence-electron chi connectivity index (χ1n) is 6.80. The molecule has 20 heavy (non-hydrogen) atoms. The van der Waals surface area contributed by atoms with Crippen molar-refractivity contribution in [3.8, 4) is 0 Å². The predicted molar refractivity (Wildman–Crippen MR) is 77.6 cm³/mol. The molecule has 5 nitrogen and oxygen atoms in total. The van der Waals surface area contributed by atoms with Crippen molar-refractivity contribution < 1.29 is 0 Å². The molecule has 1 unspecified atom stereocenters. The first kappa shape index (κ1) is 11.4. The van der Waals surface area contributed by atoms with Crippen LogP contribution in [0.4, 0.5) is 5.82 Å². The van der Waals surface area contributed by atoms with Crippen LogP contribution in [0.25, 0.3) is 11.0 Å². The van der Waals surface area contributed by atoms with Gasteiger partial charge in [0, 0.05) is 30.3 Å². The molecule has 1 N–H and O–H groups in total. The van der Waals surface area contributed by atoms with E-state index in [0.717, 1.165) is 29.9 Å². The maximum absolute atomic E-state index is 4.72. The van der Waals surface area contributed by atoms with Gasteiger partial charge in [0.15, 0.2) is 0 Å². The number of para-hydroxylation sites is 2. The summed E-state index contributed by atoms with van der Waals surface area (Å²) in [5.41, 5.74) is 4.37. The molecule has 1 aromatic carbocycles. The molecular weight excluding hydrogens is 250 g/mol. The lowest BCUT2D eigenvalue weighted by Gasteiger charge is -2.31. The number of hydrogen-bond donors (Lipinski definition) is 1. The molecule has 0 saturated carbocycles. The molecule has 3 aromatic rings. The van der Waals surface area contributed by atoms with E-state index < -0.39 is 0 Å². The van der Waals surface area contributed by atoms with Gasteiger partial charge in [0.05, 0.1) is 23.4 Å². The molecule has 1 aliphatic rings. The second-order valence-electron chi connectivity index (χ2n) is 5.31. The fourth-order valence-electron chi connectivity index (χ4n) is 2.84. The summed E-state index contributed by atoms with van der Waals surface area (Å²) in [5, 5.41) is 7.24. The van der Waals surface area contributed by atoms with Crippen molar-refractivity contribution in [2.24, 2.45) is 0 Å². The average molecular weight is 265 g/mol. The summed E-state index contributed by atoms with van der Waals surface area (Å²) in [6.45, 7) is 3.98. The summed E-state index contributed by atoms with van der Waals surface area (Å²) >= 11 is 0. The Bertz CT molecular complexity index is 764. The van der Waals surface area contributed by atoms with E-state index in [2.05, 4.69) is 27.0 Å². The van der Waals surface area contributed by atoms with Gasteiger partial charge in [0.25, 0.3) is 0 Å². The zero-order valence-electron chi connectivity index (χ0n) is 11.2. The zero-order chi connectivity index (χ0) is 13.5. The molecule has 0 bridgehead atoms. The van der Waals surface area contributed by atoms with E-state index in [4.69, 9.17) is 4.98 Å². The molecule has 5 heteroatoms. The van der Waals surface area contributed by atoms with Crippen molar-refractivity contribution in [2.45, 2.75) is 19.4 Å². The van der Waals surface area contributed by atoms with Gasteiger partial charge in [-0.05, 0) is 12.1 Å². The fraction of sp³-hybridized carbons (Fsp3) is 0.267. The van der Waals surface area contributed by atoms with E-state index in [0.29, 0.717) is 5.92 Å². The Morgan fingerprint density at radius 3 is 2.95 bits per heavy atom. The maximum atomic E-state index is 4.72. The summed E-state index contributed by atoms with van der Waals surface area (Å²) < 4.78 is 0. The van der Waals surface area contributed by atoms with Gasteiger partial charge >= 0.3 is 0 Å². The van der Waals surface area contributed by atoms with Crippen molar-refractivity contribution in [2.75, 3.05) is 11.4 Å². The number of anilines is 1. The Balaban J connectivity index is 1.73. The van der Waals surface area contributed by atoms with Crippen LogP contribution in [0.5, 0.6) is 0 Å². The fourth-order valence-corrected chi connectivity index (χ4v) is 2.84. The highest BCUT2D eigenvalue weighted by molar-refractivity contribution is 5.75. The van der Waals surface area contributed by atoms with E-state index in [9.17, 15) is 0 Å². The Morgan fingerprint density at radius 1 is 1.20 bits per heavy atom. The normalized spacial score (nSPS) is 18.2. The molecule has 0 spiro atoms. The first-order chi connectivity index (χ1) is 9.81. The molecule has 0 aliphatic carbocycles. The second-order valence-corrected chi connectivity index (χ2v) is 5.31. The third-order valence-electron chi connectivity index (χ3n) is 3.86. The minimum Gasteiger partial charge on any atom is -0.350 e. The van der Waals surface area contributed by atoms with Crippen molar-refractivity contribution in [1.82, 2.24) is 20.2 Å². The van der Waals surface area contributed by atoms with Gasteiger partial charge in [0.2, 0.25) is 0 Å². The van der Waals surface area contributed by atoms with Crippen LogP contribution in [0, 0.1) is 0 Å². The van der Waals surface area contributed by atoms with Crippen molar-refractivity contribution >= 4 is 16.9 Å². The van der Waals surface area contributed by atoms with Crippen molar-refractivity contribution in [1.29, 1.82) is 0 Å². The molecular formula is C15H15N5. The highest BCUT2D eigenvalue weighted by Gasteiger charge is 2.24. The van der Waals surface area contributed by atoms with Gasteiger partial charge in [-0.3, -0.25) is 10.1 Å². The molecule has 0 amide bonds. The summed E-state index contributed by atoms with van der Waals surface area (Å²) in [7, 11) is 0. The maximum Gasteiger partial charge on any atom is 0.148 e. The molecule has 1 aliphatic heterocycles. The Morgan fingerprint density at radius 2 is 2.05 bits per heavy atom. The number of rotatable bonds is 1. The minimum atomic E-state index is 0.425. The smallest absolute Gasteiger partial charge is 0.148 e. The standard InChI is InChI=1S/C15H15N5/c1-10-8-20(9-11-6-17-19-15(10)11)14-7-16-12-4-2-3-5-13(12)18-14/h2-7,10H,8-9H2,1H3,(H,17,19). The lowest BCUT2D eigenvalue weighted by molar-refractivity contribution is 0.620. The molecule has 0 radical (unpaired) electrons. The lowest BCUT2D eigenvalue weighted by atomic mass is 9.99. The van der Waals surface area contributed by atoms with Crippen LogP contribution < -0.4 is 4.90 Å². The third kappa shape index (κ3) is 1.74. The zero-order valence-corrected chi connectivity index (χ0v) is 11.2. The summed E-state index contributed by atoms with van der Waals surface area (Å²) in [6, 6.07) is 7.97. The average Bonchev–Trinajstić information content (AvgIpc) is 2.96. The topological polar surface area (TPSA) is 57.7 Å². The first-order valence-corrected chi connectivity index (χ1v) is 6.80. The largest absolute Gasteiger partial charge is 0.350 e. The number of hydrogen-bond acceptors (Lipinski definition) is 4. The Kier molecular flexibility index (Phi) is 2.45. The highest BCUT2D eigenvalue weighted by Crippen LogP contribution is 2.28. The third-order valence-corrected chi connectivity index (χ3v) is 3.86. The molecule has 4 rings (SSSR count). The minimum absolute atomic E-state index is 0.425. The number of nitrogens with one attached hydrogen (secondary N) is 1. The number of H-pyrrole nitrogens is 1. The summed E-state index contributed by atoms with van der Waals surface area (Å²) in [5.74, 6) is 1.36. The van der Waals surface area contributed by atoms with E-state index in [1.54, 1.807) is 0 Å². The quantitative estimate of drug-likeness (QED) is 0.734. The van der Waals surface area contributed by atoms with Crippen molar-refractivity contribution in [3.05, 3.63) is 47.9 Å². The van der Waals surface area contributed by atoms with Crippen LogP contribution in [0.3, 0.4) is 0 Å². The van der Waals surface area contributed by atoms with E-state index in [1.807, 2.05) is 36.7 Å². The van der Waals surface area contributed by atoms with E-state index in [1.165, 1.54) is 11.3 Å². The molecule has 3 heterocycles. The number of aromatic amines is 1. The van der Waals surface area contributed by atoms with Crippen LogP contribution in [0.2, 0.25) is 0 Å². The monoisotopic (exact) mass is 265 g/mol. The van der Waals surface area contributed by atoms with Gasteiger partial charge in [0.1, 0.15) is 5.82 Å². The number of aromatic nitrogens is 4. The van der Waals surface area contributed by atoms with Gasteiger partial charge in [-0.2, -0.15) is 5.10 Å². The highest BCUT2D eigenvalue weighted by atomic mass is 15.2. The molecule has 1 atom stereocenters. The summed E-state index contributed by atoms with van der Waals surface area (Å²) in [4.78, 5) is 11.5. The van der Waals surface area contributed by atoms with Crippen LogP contribution in [0.1, 0.15) is 24.1 Å².